The number of hydrogen-bond acceptors (Lipinski definition) is 3. The van der Waals surface area contributed by atoms with E-state index < -0.39 is 24.5 Å². The lowest BCUT2D eigenvalue weighted by molar-refractivity contribution is -0.138. The van der Waals surface area contributed by atoms with Gasteiger partial charge in [0.1, 0.15) is 6.54 Å². The van der Waals surface area contributed by atoms with Crippen molar-refractivity contribution in [3.8, 4) is 0 Å². The molecule has 0 aromatic heterocycles. The molecule has 5 nitrogen and oxygen atoms in total. The van der Waals surface area contributed by atoms with E-state index in [1.165, 1.54) is 0 Å². The van der Waals surface area contributed by atoms with Gasteiger partial charge in [-0.3, -0.25) is 9.59 Å². The number of hydrogen-bond donors (Lipinski definition) is 3. The lowest BCUT2D eigenvalue weighted by Crippen LogP contribution is -2.43. The molecule has 0 radical (unpaired) electrons. The van der Waals surface area contributed by atoms with E-state index >= 15 is 0 Å². The molecule has 1 rings (SSSR count). The topological polar surface area (TPSA) is 92.4 Å². The predicted molar refractivity (Wildman–Crippen MR) is 66.0 cm³/mol. The van der Waals surface area contributed by atoms with E-state index in [0.29, 0.717) is 6.42 Å². The maximum absolute atomic E-state index is 11.4. The molecule has 0 heterocycles. The molecule has 4 N–H and O–H groups in total. The molecule has 17 heavy (non-hydrogen) atoms. The molecule has 0 bridgehead atoms. The van der Waals surface area contributed by atoms with Crippen molar-refractivity contribution in [1.29, 1.82) is 0 Å². The van der Waals surface area contributed by atoms with Crippen molar-refractivity contribution in [3.05, 3.63) is 35.9 Å². The van der Waals surface area contributed by atoms with Gasteiger partial charge in [0.25, 0.3) is 0 Å². The summed E-state index contributed by atoms with van der Waals surface area (Å²) < 4.78 is 0. The van der Waals surface area contributed by atoms with Crippen LogP contribution >= 0.6 is 12.4 Å². The maximum atomic E-state index is 11.4. The zero-order chi connectivity index (χ0) is 12.0. The number of nitrogens with one attached hydrogen (secondary N) is 1. The monoisotopic (exact) mass is 258 g/mol. The van der Waals surface area contributed by atoms with Gasteiger partial charge >= 0.3 is 5.97 Å². The quantitative estimate of drug-likeness (QED) is 0.702. The van der Waals surface area contributed by atoms with E-state index in [9.17, 15) is 9.59 Å². The molecule has 1 atom stereocenters. The molecule has 0 saturated heterocycles. The van der Waals surface area contributed by atoms with Crippen molar-refractivity contribution in [3.63, 3.8) is 0 Å². The molecule has 1 amide bonds. The number of amides is 1. The molecule has 6 heteroatoms. The van der Waals surface area contributed by atoms with E-state index in [-0.39, 0.29) is 12.4 Å². The molecule has 1 aromatic carbocycles. The van der Waals surface area contributed by atoms with Crippen LogP contribution in [0.4, 0.5) is 0 Å². The summed E-state index contributed by atoms with van der Waals surface area (Å²) in [6.07, 6.45) is 0.395. The third kappa shape index (κ3) is 5.89. The van der Waals surface area contributed by atoms with Crippen LogP contribution in [0.3, 0.4) is 0 Å². The van der Waals surface area contributed by atoms with Gasteiger partial charge in [-0.15, -0.1) is 12.4 Å². The lowest BCUT2D eigenvalue weighted by atomic mass is 10.1. The van der Waals surface area contributed by atoms with Gasteiger partial charge in [-0.25, -0.2) is 0 Å². The van der Waals surface area contributed by atoms with Crippen LogP contribution in [0.2, 0.25) is 0 Å². The highest BCUT2D eigenvalue weighted by Crippen LogP contribution is 2.01. The van der Waals surface area contributed by atoms with Crippen LogP contribution in [0.25, 0.3) is 0 Å². The van der Waals surface area contributed by atoms with Gasteiger partial charge in [0.15, 0.2) is 0 Å². The minimum absolute atomic E-state index is 0. The van der Waals surface area contributed by atoms with E-state index in [2.05, 4.69) is 5.32 Å². The van der Waals surface area contributed by atoms with Gasteiger partial charge in [0.2, 0.25) is 5.91 Å². The summed E-state index contributed by atoms with van der Waals surface area (Å²) in [7, 11) is 0. The fraction of sp³-hybridized carbons (Fsp3) is 0.273. The second kappa shape index (κ2) is 7.65. The van der Waals surface area contributed by atoms with Gasteiger partial charge in [0.05, 0.1) is 6.04 Å². The van der Waals surface area contributed by atoms with Crippen molar-refractivity contribution >= 4 is 24.3 Å². The minimum Gasteiger partial charge on any atom is -0.480 e. The summed E-state index contributed by atoms with van der Waals surface area (Å²) in [5, 5.41) is 10.6. The van der Waals surface area contributed by atoms with Crippen molar-refractivity contribution < 1.29 is 14.7 Å². The van der Waals surface area contributed by atoms with Gasteiger partial charge in [-0.1, -0.05) is 30.3 Å². The van der Waals surface area contributed by atoms with Crippen LogP contribution in [0.5, 0.6) is 0 Å². The van der Waals surface area contributed by atoms with E-state index in [1.54, 1.807) is 0 Å². The molecular weight excluding hydrogens is 244 g/mol. The minimum atomic E-state index is -1.08. The van der Waals surface area contributed by atoms with Gasteiger partial charge in [-0.2, -0.15) is 0 Å². The first-order valence-corrected chi connectivity index (χ1v) is 4.88. The van der Waals surface area contributed by atoms with Crippen LogP contribution in [-0.2, 0) is 16.0 Å². The molecule has 0 aliphatic carbocycles. The van der Waals surface area contributed by atoms with Crippen LogP contribution < -0.4 is 11.1 Å². The fourth-order valence-electron chi connectivity index (χ4n) is 1.25. The molecule has 94 valence electrons. The largest absolute Gasteiger partial charge is 0.480 e. The predicted octanol–water partition coefficient (Wildman–Crippen LogP) is 0.179. The highest BCUT2D eigenvalue weighted by atomic mass is 35.5. The summed E-state index contributed by atoms with van der Waals surface area (Å²) >= 11 is 0. The Morgan fingerprint density at radius 1 is 1.29 bits per heavy atom. The third-order valence-corrected chi connectivity index (χ3v) is 2.05. The Balaban J connectivity index is 0.00000256. The number of carbonyl (C=O) groups is 2. The Hall–Kier alpha value is -1.59. The summed E-state index contributed by atoms with van der Waals surface area (Å²) in [4.78, 5) is 21.6. The zero-order valence-electron chi connectivity index (χ0n) is 9.13. The number of rotatable bonds is 5. The second-order valence-electron chi connectivity index (χ2n) is 3.41. The van der Waals surface area contributed by atoms with Gasteiger partial charge in [-0.05, 0) is 12.0 Å². The van der Waals surface area contributed by atoms with Crippen molar-refractivity contribution in [2.24, 2.45) is 5.73 Å². The second-order valence-corrected chi connectivity index (χ2v) is 3.41. The smallest absolute Gasteiger partial charge is 0.322 e. The Bertz CT molecular complexity index is 370. The Kier molecular flexibility index (Phi) is 6.93. The Labute approximate surface area is 105 Å². The molecule has 0 saturated carbocycles. The highest BCUT2D eigenvalue weighted by Gasteiger charge is 2.14. The first kappa shape index (κ1) is 15.4. The number of benzene rings is 1. The average Bonchev–Trinajstić information content (AvgIpc) is 2.27. The molecule has 0 aliphatic heterocycles. The fourth-order valence-corrected chi connectivity index (χ4v) is 1.25. The first-order valence-electron chi connectivity index (χ1n) is 4.88. The standard InChI is InChI=1S/C11H14N2O3.ClH/c12-9(11(16)13-7-10(14)15)6-8-4-2-1-3-5-8;/h1-5,9H,6-7,12H2,(H,13,16)(H,14,15);1H/t9-;/m0./s1. The van der Waals surface area contributed by atoms with Crippen LogP contribution in [0, 0.1) is 0 Å². The summed E-state index contributed by atoms with van der Waals surface area (Å²) in [6, 6.07) is 8.60. The van der Waals surface area contributed by atoms with Crippen LogP contribution in [0.15, 0.2) is 30.3 Å². The number of nitrogens with two attached hydrogens (primary N) is 1. The molecule has 0 unspecified atom stereocenters. The molecular formula is C11H15ClN2O3. The van der Waals surface area contributed by atoms with Crippen molar-refractivity contribution in [1.82, 2.24) is 5.32 Å². The van der Waals surface area contributed by atoms with Crippen LogP contribution in [-0.4, -0.2) is 29.6 Å². The molecule has 0 aliphatic rings. The molecule has 0 spiro atoms. The van der Waals surface area contributed by atoms with Crippen LogP contribution in [0.1, 0.15) is 5.56 Å². The number of aliphatic carboxylic acids is 1. The van der Waals surface area contributed by atoms with E-state index in [1.807, 2.05) is 30.3 Å². The van der Waals surface area contributed by atoms with Gasteiger partial charge in [0, 0.05) is 0 Å². The Morgan fingerprint density at radius 3 is 2.41 bits per heavy atom. The summed E-state index contributed by atoms with van der Waals surface area (Å²) in [5.41, 5.74) is 6.58. The first-order chi connectivity index (χ1) is 7.59. The van der Waals surface area contributed by atoms with Crippen molar-refractivity contribution in [2.75, 3.05) is 6.54 Å². The number of carboxylic acid groups (broad SMARTS) is 1. The van der Waals surface area contributed by atoms with E-state index in [4.69, 9.17) is 10.8 Å². The zero-order valence-corrected chi connectivity index (χ0v) is 9.94. The third-order valence-electron chi connectivity index (χ3n) is 2.05. The van der Waals surface area contributed by atoms with E-state index in [0.717, 1.165) is 5.56 Å². The lowest BCUT2D eigenvalue weighted by Gasteiger charge is -2.10. The Morgan fingerprint density at radius 2 is 1.88 bits per heavy atom. The molecule has 0 fully saturated rings. The SMILES string of the molecule is Cl.N[C@@H](Cc1ccccc1)C(=O)NCC(=O)O. The average molecular weight is 259 g/mol. The molecule has 1 aromatic rings. The van der Waals surface area contributed by atoms with Gasteiger partial charge < -0.3 is 16.2 Å². The summed E-state index contributed by atoms with van der Waals surface area (Å²) in [5.74, 6) is -1.54. The summed E-state index contributed by atoms with van der Waals surface area (Å²) in [6.45, 7) is -0.401. The number of halogens is 1. The van der Waals surface area contributed by atoms with Crippen molar-refractivity contribution in [2.45, 2.75) is 12.5 Å². The number of carbonyl (C=O) groups excluding carboxylic acids is 1. The highest BCUT2D eigenvalue weighted by molar-refractivity contribution is 5.85. The normalized spacial score (nSPS) is 11.1. The maximum Gasteiger partial charge on any atom is 0.322 e. The number of carboxylic acids is 1.